The van der Waals surface area contributed by atoms with Crippen molar-refractivity contribution in [3.05, 3.63) is 17.5 Å². The van der Waals surface area contributed by atoms with Crippen LogP contribution in [0.3, 0.4) is 0 Å². The van der Waals surface area contributed by atoms with Gasteiger partial charge in [-0.05, 0) is 38.4 Å². The predicted molar refractivity (Wildman–Crippen MR) is 97.4 cm³/mol. The first-order chi connectivity index (χ1) is 12.6. The number of rotatable bonds is 6. The summed E-state index contributed by atoms with van der Waals surface area (Å²) < 4.78 is 2.00. The fourth-order valence-corrected chi connectivity index (χ4v) is 3.98. The van der Waals surface area contributed by atoms with E-state index in [1.165, 1.54) is 0 Å². The van der Waals surface area contributed by atoms with Crippen molar-refractivity contribution in [2.24, 2.45) is 5.92 Å². The second-order valence-corrected chi connectivity index (χ2v) is 7.83. The number of carbonyl (C=O) groups excluding carboxylic acids is 2. The normalized spacial score (nSPS) is 23.1. The summed E-state index contributed by atoms with van der Waals surface area (Å²) in [5.41, 5.74) is 2.05. The molecular weight excluding hydrogens is 330 g/mol. The number of carbonyl (C=O) groups is 2. The maximum Gasteiger partial charge on any atom is 0.227 e. The van der Waals surface area contributed by atoms with E-state index in [1.54, 1.807) is 0 Å². The second-order valence-electron chi connectivity index (χ2n) is 7.83. The fraction of sp³-hybridized carbons (Fsp3) is 0.737. The number of fused-ring (bicyclic) bond motifs is 1. The Kier molecular flexibility index (Phi) is 4.98. The third-order valence-electron chi connectivity index (χ3n) is 5.78. The van der Waals surface area contributed by atoms with Crippen LogP contribution in [0.5, 0.6) is 0 Å². The van der Waals surface area contributed by atoms with Gasteiger partial charge in [0.05, 0.1) is 30.4 Å². The highest BCUT2D eigenvalue weighted by molar-refractivity contribution is 5.79. The molecule has 0 unspecified atom stereocenters. The van der Waals surface area contributed by atoms with Crippen LogP contribution in [0.4, 0.5) is 0 Å². The van der Waals surface area contributed by atoms with E-state index in [0.717, 1.165) is 63.4 Å². The van der Waals surface area contributed by atoms with Gasteiger partial charge in [0, 0.05) is 32.0 Å². The van der Waals surface area contributed by atoms with Crippen molar-refractivity contribution in [2.45, 2.75) is 58.2 Å². The SMILES string of the molecule is CCN1CC[C@H](C(=O)N2CCn3nc(CCC(=O)NC4CC4)cc3C2)C1. The number of hydrogen-bond acceptors (Lipinski definition) is 4. The average Bonchev–Trinajstić information content (AvgIpc) is 3.18. The van der Waals surface area contributed by atoms with Crippen molar-refractivity contribution in [1.29, 1.82) is 0 Å². The van der Waals surface area contributed by atoms with E-state index < -0.39 is 0 Å². The van der Waals surface area contributed by atoms with Gasteiger partial charge in [0.2, 0.25) is 11.8 Å². The van der Waals surface area contributed by atoms with Gasteiger partial charge in [0.1, 0.15) is 0 Å². The Bertz CT molecular complexity index is 681. The molecular formula is C19H29N5O2. The Morgan fingerprint density at radius 1 is 1.23 bits per heavy atom. The fourth-order valence-electron chi connectivity index (χ4n) is 3.98. The topological polar surface area (TPSA) is 70.5 Å². The number of hydrogen-bond donors (Lipinski definition) is 1. The lowest BCUT2D eigenvalue weighted by Gasteiger charge is -2.29. The lowest BCUT2D eigenvalue weighted by molar-refractivity contribution is -0.136. The maximum atomic E-state index is 12.8. The van der Waals surface area contributed by atoms with Gasteiger partial charge in [-0.2, -0.15) is 5.10 Å². The molecule has 7 nitrogen and oxygen atoms in total. The summed E-state index contributed by atoms with van der Waals surface area (Å²) in [6, 6.07) is 2.48. The van der Waals surface area contributed by atoms with Crippen molar-refractivity contribution in [1.82, 2.24) is 24.9 Å². The first-order valence-electron chi connectivity index (χ1n) is 9.98. The highest BCUT2D eigenvalue weighted by Crippen LogP contribution is 2.22. The number of amides is 2. The van der Waals surface area contributed by atoms with Crippen molar-refractivity contribution >= 4 is 11.8 Å². The van der Waals surface area contributed by atoms with Gasteiger partial charge in [0.25, 0.3) is 0 Å². The summed E-state index contributed by atoms with van der Waals surface area (Å²) in [5, 5.41) is 7.64. The van der Waals surface area contributed by atoms with Crippen LogP contribution in [-0.2, 0) is 29.1 Å². The zero-order valence-electron chi connectivity index (χ0n) is 15.6. The molecule has 2 amide bonds. The largest absolute Gasteiger partial charge is 0.353 e. The summed E-state index contributed by atoms with van der Waals surface area (Å²) in [6.45, 7) is 7.23. The number of aromatic nitrogens is 2. The molecule has 7 heteroatoms. The van der Waals surface area contributed by atoms with Crippen LogP contribution in [0, 0.1) is 5.92 Å². The molecule has 1 atom stereocenters. The molecule has 3 aliphatic rings. The molecule has 0 radical (unpaired) electrons. The monoisotopic (exact) mass is 359 g/mol. The summed E-state index contributed by atoms with van der Waals surface area (Å²) in [7, 11) is 0. The molecule has 26 heavy (non-hydrogen) atoms. The van der Waals surface area contributed by atoms with E-state index in [2.05, 4.69) is 28.3 Å². The minimum Gasteiger partial charge on any atom is -0.353 e. The van der Waals surface area contributed by atoms with Gasteiger partial charge in [-0.3, -0.25) is 14.3 Å². The molecule has 1 aliphatic carbocycles. The van der Waals surface area contributed by atoms with Gasteiger partial charge in [-0.15, -0.1) is 0 Å². The van der Waals surface area contributed by atoms with Gasteiger partial charge in [-0.25, -0.2) is 0 Å². The van der Waals surface area contributed by atoms with Gasteiger partial charge in [0.15, 0.2) is 0 Å². The predicted octanol–water partition coefficient (Wildman–Crippen LogP) is 0.778. The zero-order valence-corrected chi connectivity index (χ0v) is 15.6. The highest BCUT2D eigenvalue weighted by atomic mass is 16.2. The second kappa shape index (κ2) is 7.39. The number of likely N-dealkylation sites (tertiary alicyclic amines) is 1. The van der Waals surface area contributed by atoms with Crippen molar-refractivity contribution in [3.8, 4) is 0 Å². The lowest BCUT2D eigenvalue weighted by Crippen LogP contribution is -2.42. The van der Waals surface area contributed by atoms with Crippen LogP contribution < -0.4 is 5.32 Å². The number of nitrogens with one attached hydrogen (secondary N) is 1. The molecule has 2 fully saturated rings. The summed E-state index contributed by atoms with van der Waals surface area (Å²) in [5.74, 6) is 0.561. The maximum absolute atomic E-state index is 12.8. The molecule has 1 N–H and O–H groups in total. The molecule has 0 bridgehead atoms. The quantitative estimate of drug-likeness (QED) is 0.815. The Balaban J connectivity index is 1.31. The van der Waals surface area contributed by atoms with Gasteiger partial charge in [-0.1, -0.05) is 6.92 Å². The molecule has 1 aromatic heterocycles. The molecule has 1 saturated carbocycles. The van der Waals surface area contributed by atoms with Crippen LogP contribution in [0.15, 0.2) is 6.07 Å². The molecule has 2 aliphatic heterocycles. The molecule has 0 aromatic carbocycles. The summed E-state index contributed by atoms with van der Waals surface area (Å²) in [6.07, 6.45) is 4.37. The first-order valence-corrected chi connectivity index (χ1v) is 9.98. The lowest BCUT2D eigenvalue weighted by atomic mass is 10.1. The van der Waals surface area contributed by atoms with Crippen molar-refractivity contribution in [2.75, 3.05) is 26.2 Å². The molecule has 3 heterocycles. The average molecular weight is 359 g/mol. The van der Waals surface area contributed by atoms with Gasteiger partial charge < -0.3 is 15.1 Å². The van der Waals surface area contributed by atoms with Crippen LogP contribution in [-0.4, -0.2) is 63.6 Å². The molecule has 4 rings (SSSR count). The standard InChI is InChI=1S/C19H29N5O2/c1-2-22-8-7-14(12-22)19(26)23-9-10-24-17(13-23)11-16(21-24)5-6-18(25)20-15-3-4-15/h11,14-15H,2-10,12-13H2,1H3,(H,20,25)/t14-/m0/s1. The molecule has 142 valence electrons. The molecule has 0 spiro atoms. The van der Waals surface area contributed by atoms with E-state index >= 15 is 0 Å². The van der Waals surface area contributed by atoms with E-state index in [4.69, 9.17) is 0 Å². The minimum atomic E-state index is 0.122. The third-order valence-corrected chi connectivity index (χ3v) is 5.78. The summed E-state index contributed by atoms with van der Waals surface area (Å²) in [4.78, 5) is 29.0. The van der Waals surface area contributed by atoms with E-state index in [0.29, 0.717) is 31.3 Å². The van der Waals surface area contributed by atoms with Crippen molar-refractivity contribution in [3.63, 3.8) is 0 Å². The Labute approximate surface area is 154 Å². The molecule has 1 saturated heterocycles. The van der Waals surface area contributed by atoms with Crippen LogP contribution in [0.25, 0.3) is 0 Å². The van der Waals surface area contributed by atoms with Crippen LogP contribution in [0.2, 0.25) is 0 Å². The zero-order chi connectivity index (χ0) is 18.1. The van der Waals surface area contributed by atoms with Crippen LogP contribution >= 0.6 is 0 Å². The number of nitrogens with zero attached hydrogens (tertiary/aromatic N) is 4. The number of aryl methyl sites for hydroxylation is 1. The Morgan fingerprint density at radius 2 is 2.08 bits per heavy atom. The van der Waals surface area contributed by atoms with E-state index in [1.807, 2.05) is 9.58 Å². The van der Waals surface area contributed by atoms with Crippen molar-refractivity contribution < 1.29 is 9.59 Å². The van der Waals surface area contributed by atoms with E-state index in [9.17, 15) is 9.59 Å². The smallest absolute Gasteiger partial charge is 0.227 e. The van der Waals surface area contributed by atoms with Gasteiger partial charge >= 0.3 is 0 Å². The Morgan fingerprint density at radius 3 is 2.81 bits per heavy atom. The highest BCUT2D eigenvalue weighted by Gasteiger charge is 2.32. The third kappa shape index (κ3) is 3.92. The first kappa shape index (κ1) is 17.5. The van der Waals surface area contributed by atoms with Crippen LogP contribution in [0.1, 0.15) is 44.0 Å². The van der Waals surface area contributed by atoms with E-state index in [-0.39, 0.29) is 11.8 Å². The minimum absolute atomic E-state index is 0.122. The Hall–Kier alpha value is -1.89. The molecule has 1 aromatic rings. The summed E-state index contributed by atoms with van der Waals surface area (Å²) >= 11 is 0.